The summed E-state index contributed by atoms with van der Waals surface area (Å²) in [4.78, 5) is 1.46. The Morgan fingerprint density at radius 3 is 2.50 bits per heavy atom. The van der Waals surface area contributed by atoms with Crippen molar-refractivity contribution in [2.45, 2.75) is 30.1 Å². The van der Waals surface area contributed by atoms with Gasteiger partial charge in [0.25, 0.3) is 0 Å². The third-order valence-corrected chi connectivity index (χ3v) is 3.55. The molecule has 0 amide bonds. The molecule has 1 saturated carbocycles. The van der Waals surface area contributed by atoms with Crippen LogP contribution >= 0.6 is 11.8 Å². The molecule has 12 heavy (non-hydrogen) atoms. The minimum Gasteiger partial charge on any atom is -0.129 e. The second kappa shape index (κ2) is 2.81. The van der Waals surface area contributed by atoms with Crippen LogP contribution in [0.4, 0.5) is 0 Å². The van der Waals surface area contributed by atoms with Gasteiger partial charge in [0.05, 0.1) is 0 Å². The fourth-order valence-electron chi connectivity index (χ4n) is 1.60. The molecule has 64 valence electrons. The Hall–Kier alpha value is -0.430. The summed E-state index contributed by atoms with van der Waals surface area (Å²) in [6.07, 6.45) is 4.89. The number of rotatable bonds is 2. The highest BCUT2D eigenvalue weighted by atomic mass is 32.2. The van der Waals surface area contributed by atoms with Crippen LogP contribution in [0.15, 0.2) is 29.2 Å². The molecule has 1 aromatic carbocycles. The van der Waals surface area contributed by atoms with E-state index in [9.17, 15) is 0 Å². The maximum atomic E-state index is 2.36. The van der Waals surface area contributed by atoms with E-state index in [1.807, 2.05) is 11.8 Å². The molecule has 0 heterocycles. The van der Waals surface area contributed by atoms with Crippen LogP contribution in [-0.2, 0) is 5.41 Å². The van der Waals surface area contributed by atoms with Crippen LogP contribution in [0.5, 0.6) is 0 Å². The standard InChI is InChI=1S/C11H14S/c1-11(7-8-11)9-5-3-4-6-10(9)12-2/h3-6H,7-8H2,1-2H3. The van der Waals surface area contributed by atoms with E-state index >= 15 is 0 Å². The van der Waals surface area contributed by atoms with Crippen molar-refractivity contribution in [3.63, 3.8) is 0 Å². The van der Waals surface area contributed by atoms with Gasteiger partial charge in [-0.2, -0.15) is 0 Å². The van der Waals surface area contributed by atoms with Gasteiger partial charge in [-0.3, -0.25) is 0 Å². The molecule has 0 atom stereocenters. The van der Waals surface area contributed by atoms with E-state index in [2.05, 4.69) is 37.4 Å². The highest BCUT2D eigenvalue weighted by Crippen LogP contribution is 2.50. The predicted molar refractivity (Wildman–Crippen MR) is 54.8 cm³/mol. The molecular formula is C11H14S. The molecule has 0 nitrogen and oxygen atoms in total. The lowest BCUT2D eigenvalue weighted by atomic mass is 9.99. The van der Waals surface area contributed by atoms with E-state index in [0.29, 0.717) is 5.41 Å². The topological polar surface area (TPSA) is 0 Å². The largest absolute Gasteiger partial charge is 0.129 e. The smallest absolute Gasteiger partial charge is 0.0107 e. The molecule has 0 radical (unpaired) electrons. The maximum absolute atomic E-state index is 2.36. The maximum Gasteiger partial charge on any atom is 0.0107 e. The van der Waals surface area contributed by atoms with Gasteiger partial charge in [0.15, 0.2) is 0 Å². The summed E-state index contributed by atoms with van der Waals surface area (Å²) in [5.41, 5.74) is 2.07. The molecule has 0 aliphatic heterocycles. The Kier molecular flexibility index (Phi) is 1.91. The van der Waals surface area contributed by atoms with Gasteiger partial charge in [-0.1, -0.05) is 25.1 Å². The molecule has 2 rings (SSSR count). The van der Waals surface area contributed by atoms with Crippen molar-refractivity contribution in [1.29, 1.82) is 0 Å². The second-order valence-electron chi connectivity index (χ2n) is 3.76. The Balaban J connectivity index is 2.42. The van der Waals surface area contributed by atoms with Crippen molar-refractivity contribution in [3.05, 3.63) is 29.8 Å². The minimum absolute atomic E-state index is 0.513. The second-order valence-corrected chi connectivity index (χ2v) is 4.61. The van der Waals surface area contributed by atoms with E-state index in [0.717, 1.165) is 0 Å². The van der Waals surface area contributed by atoms with Gasteiger partial charge in [-0.15, -0.1) is 11.8 Å². The number of hydrogen-bond acceptors (Lipinski definition) is 1. The summed E-state index contributed by atoms with van der Waals surface area (Å²) in [5.74, 6) is 0. The highest BCUT2D eigenvalue weighted by molar-refractivity contribution is 7.98. The molecule has 0 spiro atoms. The Bertz CT molecular complexity index is 287. The van der Waals surface area contributed by atoms with Gasteiger partial charge >= 0.3 is 0 Å². The van der Waals surface area contributed by atoms with Gasteiger partial charge in [0.1, 0.15) is 0 Å². The number of thioether (sulfide) groups is 1. The summed E-state index contributed by atoms with van der Waals surface area (Å²) in [5, 5.41) is 0. The quantitative estimate of drug-likeness (QED) is 0.625. The third-order valence-electron chi connectivity index (χ3n) is 2.76. The summed E-state index contributed by atoms with van der Waals surface area (Å²) in [6.45, 7) is 2.36. The summed E-state index contributed by atoms with van der Waals surface area (Å²) in [6, 6.07) is 8.78. The van der Waals surface area contributed by atoms with Crippen LogP contribution in [0, 0.1) is 0 Å². The van der Waals surface area contributed by atoms with Crippen molar-refractivity contribution in [2.24, 2.45) is 0 Å². The average molecular weight is 178 g/mol. The molecule has 1 aliphatic rings. The molecule has 0 N–H and O–H groups in total. The van der Waals surface area contributed by atoms with Gasteiger partial charge < -0.3 is 0 Å². The molecule has 1 aromatic rings. The van der Waals surface area contributed by atoms with Crippen molar-refractivity contribution < 1.29 is 0 Å². The lowest BCUT2D eigenvalue weighted by molar-refractivity contribution is 0.767. The van der Waals surface area contributed by atoms with E-state index in [-0.39, 0.29) is 0 Å². The fraction of sp³-hybridized carbons (Fsp3) is 0.455. The molecule has 0 aromatic heterocycles. The van der Waals surface area contributed by atoms with Gasteiger partial charge in [-0.05, 0) is 36.1 Å². The first-order chi connectivity index (χ1) is 5.76. The van der Waals surface area contributed by atoms with Crippen molar-refractivity contribution in [2.75, 3.05) is 6.26 Å². The molecule has 1 aliphatic carbocycles. The SMILES string of the molecule is CSc1ccccc1C1(C)CC1. The lowest BCUT2D eigenvalue weighted by Crippen LogP contribution is -2.00. The van der Waals surface area contributed by atoms with Crippen molar-refractivity contribution >= 4 is 11.8 Å². The van der Waals surface area contributed by atoms with Crippen molar-refractivity contribution in [3.8, 4) is 0 Å². The number of benzene rings is 1. The lowest BCUT2D eigenvalue weighted by Gasteiger charge is -2.12. The average Bonchev–Trinajstić information content (AvgIpc) is 2.85. The normalized spacial score (nSPS) is 19.2. The van der Waals surface area contributed by atoms with Gasteiger partial charge in [-0.25, -0.2) is 0 Å². The first-order valence-corrected chi connectivity index (χ1v) is 5.62. The summed E-state index contributed by atoms with van der Waals surface area (Å²) < 4.78 is 0. The van der Waals surface area contributed by atoms with Crippen LogP contribution in [0.2, 0.25) is 0 Å². The van der Waals surface area contributed by atoms with Gasteiger partial charge in [0.2, 0.25) is 0 Å². The molecule has 0 unspecified atom stereocenters. The molecule has 1 fully saturated rings. The molecule has 1 heteroatoms. The summed E-state index contributed by atoms with van der Waals surface area (Å²) in [7, 11) is 0. The first-order valence-electron chi connectivity index (χ1n) is 4.40. The predicted octanol–water partition coefficient (Wildman–Crippen LogP) is 3.46. The van der Waals surface area contributed by atoms with Crippen LogP contribution in [0.1, 0.15) is 25.3 Å². The van der Waals surface area contributed by atoms with Crippen molar-refractivity contribution in [1.82, 2.24) is 0 Å². The first kappa shape index (κ1) is 8.18. The zero-order valence-electron chi connectivity index (χ0n) is 7.63. The Morgan fingerprint density at radius 2 is 1.92 bits per heavy atom. The monoisotopic (exact) mass is 178 g/mol. The van der Waals surface area contributed by atoms with Crippen LogP contribution in [0.3, 0.4) is 0 Å². The van der Waals surface area contributed by atoms with Crippen LogP contribution in [0.25, 0.3) is 0 Å². The van der Waals surface area contributed by atoms with E-state index < -0.39 is 0 Å². The Morgan fingerprint density at radius 1 is 1.25 bits per heavy atom. The summed E-state index contributed by atoms with van der Waals surface area (Å²) >= 11 is 1.86. The van der Waals surface area contributed by atoms with E-state index in [1.165, 1.54) is 17.7 Å². The zero-order chi connectivity index (χ0) is 8.60. The molecular weight excluding hydrogens is 164 g/mol. The Labute approximate surface area is 78.4 Å². The zero-order valence-corrected chi connectivity index (χ0v) is 8.45. The minimum atomic E-state index is 0.513. The third kappa shape index (κ3) is 1.27. The highest BCUT2D eigenvalue weighted by Gasteiger charge is 2.40. The van der Waals surface area contributed by atoms with Crippen LogP contribution < -0.4 is 0 Å². The van der Waals surface area contributed by atoms with Crippen LogP contribution in [-0.4, -0.2) is 6.26 Å². The molecule has 0 bridgehead atoms. The van der Waals surface area contributed by atoms with E-state index in [4.69, 9.17) is 0 Å². The number of hydrogen-bond donors (Lipinski definition) is 0. The molecule has 0 saturated heterocycles. The van der Waals surface area contributed by atoms with Gasteiger partial charge in [0, 0.05) is 4.90 Å². The fourth-order valence-corrected chi connectivity index (χ4v) is 2.35. The van der Waals surface area contributed by atoms with E-state index in [1.54, 1.807) is 5.56 Å².